The summed E-state index contributed by atoms with van der Waals surface area (Å²) >= 11 is 9.42. The van der Waals surface area contributed by atoms with Gasteiger partial charge in [0.2, 0.25) is 0 Å². The van der Waals surface area contributed by atoms with Crippen molar-refractivity contribution in [3.63, 3.8) is 0 Å². The van der Waals surface area contributed by atoms with Crippen molar-refractivity contribution in [1.29, 1.82) is 0 Å². The Hall–Kier alpha value is -0.580. The van der Waals surface area contributed by atoms with Gasteiger partial charge in [-0.3, -0.25) is 9.69 Å². The molecule has 0 saturated heterocycles. The van der Waals surface area contributed by atoms with Crippen molar-refractivity contribution in [3.05, 3.63) is 33.3 Å². The molecule has 100 valence electrons. The maximum absolute atomic E-state index is 11.3. The zero-order chi connectivity index (χ0) is 13.9. The second kappa shape index (κ2) is 6.04. The lowest BCUT2D eigenvalue weighted by molar-refractivity contribution is -0.149. The molecule has 0 aliphatic carbocycles. The number of rotatable bonds is 5. The van der Waals surface area contributed by atoms with Crippen LogP contribution in [0.3, 0.4) is 0 Å². The van der Waals surface area contributed by atoms with Crippen molar-refractivity contribution in [1.82, 2.24) is 4.90 Å². The Morgan fingerprint density at radius 1 is 1.50 bits per heavy atom. The molecule has 0 aliphatic rings. The molecular weight excluding hydrogens is 318 g/mol. The van der Waals surface area contributed by atoms with E-state index in [-0.39, 0.29) is 0 Å². The third kappa shape index (κ3) is 3.46. The van der Waals surface area contributed by atoms with Crippen LogP contribution in [0.4, 0.5) is 0 Å². The molecule has 1 aromatic rings. The van der Waals surface area contributed by atoms with Crippen LogP contribution in [0.2, 0.25) is 5.02 Å². The molecule has 18 heavy (non-hydrogen) atoms. The Balaban J connectivity index is 3.00. The normalized spacial score (nSPS) is 11.9. The number of carboxylic acid groups (broad SMARTS) is 1. The van der Waals surface area contributed by atoms with Crippen LogP contribution in [0.15, 0.2) is 22.7 Å². The SMILES string of the molecule is CCN(Cc1cc(Cl)ccc1Br)C(C)(C)C(=O)O. The zero-order valence-electron chi connectivity index (χ0n) is 10.7. The maximum atomic E-state index is 11.3. The summed E-state index contributed by atoms with van der Waals surface area (Å²) in [6.07, 6.45) is 0. The van der Waals surface area contributed by atoms with E-state index in [1.807, 2.05) is 24.0 Å². The first kappa shape index (κ1) is 15.5. The van der Waals surface area contributed by atoms with Gasteiger partial charge in [-0.1, -0.05) is 34.5 Å². The Morgan fingerprint density at radius 2 is 2.11 bits per heavy atom. The topological polar surface area (TPSA) is 40.5 Å². The van der Waals surface area contributed by atoms with Gasteiger partial charge in [0, 0.05) is 16.0 Å². The molecule has 0 radical (unpaired) electrons. The van der Waals surface area contributed by atoms with Crippen LogP contribution in [0.25, 0.3) is 0 Å². The molecule has 0 aromatic heterocycles. The Morgan fingerprint density at radius 3 is 2.61 bits per heavy atom. The molecule has 1 aromatic carbocycles. The second-order valence-corrected chi connectivity index (χ2v) is 5.90. The van der Waals surface area contributed by atoms with E-state index in [0.717, 1.165) is 10.0 Å². The second-order valence-electron chi connectivity index (χ2n) is 4.61. The summed E-state index contributed by atoms with van der Waals surface area (Å²) in [7, 11) is 0. The van der Waals surface area contributed by atoms with Gasteiger partial charge in [0.1, 0.15) is 5.54 Å². The largest absolute Gasteiger partial charge is 0.480 e. The van der Waals surface area contributed by atoms with Gasteiger partial charge in [-0.25, -0.2) is 0 Å². The van der Waals surface area contributed by atoms with Crippen molar-refractivity contribution in [3.8, 4) is 0 Å². The van der Waals surface area contributed by atoms with E-state index in [1.165, 1.54) is 0 Å². The first-order chi connectivity index (χ1) is 8.28. The number of benzene rings is 1. The molecule has 0 unspecified atom stereocenters. The van der Waals surface area contributed by atoms with E-state index in [9.17, 15) is 9.90 Å². The Labute approximate surface area is 121 Å². The minimum absolute atomic E-state index is 0.539. The number of carboxylic acids is 1. The fourth-order valence-corrected chi connectivity index (χ4v) is 2.28. The Kier molecular flexibility index (Phi) is 5.20. The fourth-order valence-electron chi connectivity index (χ4n) is 1.71. The van der Waals surface area contributed by atoms with Crippen molar-refractivity contribution < 1.29 is 9.90 Å². The van der Waals surface area contributed by atoms with Crippen LogP contribution < -0.4 is 0 Å². The lowest BCUT2D eigenvalue weighted by Gasteiger charge is -2.34. The van der Waals surface area contributed by atoms with Crippen LogP contribution in [-0.4, -0.2) is 28.1 Å². The number of likely N-dealkylation sites (N-methyl/N-ethyl adjacent to an activating group) is 1. The molecule has 0 heterocycles. The van der Waals surface area contributed by atoms with E-state index >= 15 is 0 Å². The number of halogens is 2. The van der Waals surface area contributed by atoms with E-state index < -0.39 is 11.5 Å². The zero-order valence-corrected chi connectivity index (χ0v) is 13.0. The van der Waals surface area contributed by atoms with Gasteiger partial charge in [-0.2, -0.15) is 0 Å². The van der Waals surface area contributed by atoms with Crippen LogP contribution in [0, 0.1) is 0 Å². The molecule has 3 nitrogen and oxygen atoms in total. The molecule has 0 spiro atoms. The van der Waals surface area contributed by atoms with E-state index in [1.54, 1.807) is 19.9 Å². The average molecular weight is 335 g/mol. The molecule has 0 amide bonds. The van der Waals surface area contributed by atoms with Gasteiger partial charge in [-0.05, 0) is 44.2 Å². The molecule has 0 atom stereocenters. The van der Waals surface area contributed by atoms with Gasteiger partial charge >= 0.3 is 5.97 Å². The summed E-state index contributed by atoms with van der Waals surface area (Å²) < 4.78 is 0.937. The average Bonchev–Trinajstić information content (AvgIpc) is 2.29. The van der Waals surface area contributed by atoms with Gasteiger partial charge in [0.15, 0.2) is 0 Å². The lowest BCUT2D eigenvalue weighted by atomic mass is 10.0. The van der Waals surface area contributed by atoms with E-state index in [4.69, 9.17) is 11.6 Å². The maximum Gasteiger partial charge on any atom is 0.323 e. The summed E-state index contributed by atoms with van der Waals surface area (Å²) in [5.41, 5.74) is 0.0786. The molecule has 1 N–H and O–H groups in total. The first-order valence-corrected chi connectivity index (χ1v) is 6.88. The predicted molar refractivity (Wildman–Crippen MR) is 77.0 cm³/mol. The highest BCUT2D eigenvalue weighted by atomic mass is 79.9. The van der Waals surface area contributed by atoms with Crippen molar-refractivity contribution in [2.24, 2.45) is 0 Å². The lowest BCUT2D eigenvalue weighted by Crippen LogP contribution is -2.49. The van der Waals surface area contributed by atoms with Crippen LogP contribution in [0.5, 0.6) is 0 Å². The quantitative estimate of drug-likeness (QED) is 0.890. The van der Waals surface area contributed by atoms with Gasteiger partial charge in [0.05, 0.1) is 0 Å². The van der Waals surface area contributed by atoms with Gasteiger partial charge in [-0.15, -0.1) is 0 Å². The molecule has 0 saturated carbocycles. The minimum Gasteiger partial charge on any atom is -0.480 e. The highest BCUT2D eigenvalue weighted by Gasteiger charge is 2.33. The van der Waals surface area contributed by atoms with E-state index in [2.05, 4.69) is 15.9 Å². The standard InChI is InChI=1S/C13H17BrClNO2/c1-4-16(13(2,3)12(17)18)8-9-7-10(15)5-6-11(9)14/h5-7H,4,8H2,1-3H3,(H,17,18). The summed E-state index contributed by atoms with van der Waals surface area (Å²) in [5, 5.41) is 9.92. The van der Waals surface area contributed by atoms with Crippen LogP contribution in [0.1, 0.15) is 26.3 Å². The first-order valence-electron chi connectivity index (χ1n) is 5.71. The molecule has 5 heteroatoms. The molecule has 0 fully saturated rings. The number of carbonyl (C=O) groups is 1. The number of aliphatic carboxylic acids is 1. The highest BCUT2D eigenvalue weighted by molar-refractivity contribution is 9.10. The Bertz CT molecular complexity index is 449. The molecule has 1 rings (SSSR count). The molecule has 0 bridgehead atoms. The number of hydrogen-bond donors (Lipinski definition) is 1. The molecular formula is C13H17BrClNO2. The highest BCUT2D eigenvalue weighted by Crippen LogP contribution is 2.25. The summed E-state index contributed by atoms with van der Waals surface area (Å²) in [4.78, 5) is 13.2. The minimum atomic E-state index is -0.906. The third-order valence-electron chi connectivity index (χ3n) is 3.06. The number of nitrogens with zero attached hydrogens (tertiary/aromatic N) is 1. The van der Waals surface area contributed by atoms with Crippen molar-refractivity contribution in [2.75, 3.05) is 6.54 Å². The smallest absolute Gasteiger partial charge is 0.323 e. The summed E-state index contributed by atoms with van der Waals surface area (Å²) in [5.74, 6) is -0.831. The molecule has 0 aliphatic heterocycles. The summed E-state index contributed by atoms with van der Waals surface area (Å²) in [6.45, 7) is 6.55. The van der Waals surface area contributed by atoms with Crippen molar-refractivity contribution >= 4 is 33.5 Å². The third-order valence-corrected chi connectivity index (χ3v) is 4.07. The van der Waals surface area contributed by atoms with Gasteiger partial charge in [0.25, 0.3) is 0 Å². The van der Waals surface area contributed by atoms with Crippen LogP contribution >= 0.6 is 27.5 Å². The van der Waals surface area contributed by atoms with Gasteiger partial charge < -0.3 is 5.11 Å². The van der Waals surface area contributed by atoms with Crippen LogP contribution in [-0.2, 0) is 11.3 Å². The monoisotopic (exact) mass is 333 g/mol. The predicted octanol–water partition coefficient (Wildman–Crippen LogP) is 3.79. The fraction of sp³-hybridized carbons (Fsp3) is 0.462. The summed E-state index contributed by atoms with van der Waals surface area (Å²) in [6, 6.07) is 5.53. The van der Waals surface area contributed by atoms with E-state index in [0.29, 0.717) is 18.1 Å². The number of hydrogen-bond acceptors (Lipinski definition) is 2. The van der Waals surface area contributed by atoms with Crippen molar-refractivity contribution in [2.45, 2.75) is 32.9 Å².